The first-order chi connectivity index (χ1) is 12.1. The van der Waals surface area contributed by atoms with Gasteiger partial charge in [-0.2, -0.15) is 5.10 Å². The molecular formula is C16H13N3O6. The van der Waals surface area contributed by atoms with Gasteiger partial charge in [0, 0.05) is 0 Å². The zero-order chi connectivity index (χ0) is 17.8. The van der Waals surface area contributed by atoms with Crippen molar-refractivity contribution < 1.29 is 23.9 Å². The highest BCUT2D eigenvalue weighted by atomic mass is 16.7. The van der Waals surface area contributed by atoms with Crippen LogP contribution in [0.25, 0.3) is 0 Å². The molecule has 3 rings (SSSR count). The fraction of sp³-hybridized carbons (Fsp3) is 0.125. The SMILES string of the molecule is COc1ccccc1C(=O)N/N=C/c1cc2c(cc1[N+](=O)[O-])OCO2. The lowest BCUT2D eigenvalue weighted by Crippen LogP contribution is -2.18. The van der Waals surface area contributed by atoms with E-state index in [2.05, 4.69) is 10.5 Å². The first-order valence-corrected chi connectivity index (χ1v) is 7.14. The summed E-state index contributed by atoms with van der Waals surface area (Å²) in [6.45, 7) is -0.00236. The van der Waals surface area contributed by atoms with Gasteiger partial charge in [-0.1, -0.05) is 12.1 Å². The number of nitrogens with zero attached hydrogens (tertiary/aromatic N) is 2. The van der Waals surface area contributed by atoms with Crippen LogP contribution in [0.3, 0.4) is 0 Å². The van der Waals surface area contributed by atoms with Gasteiger partial charge in [-0.15, -0.1) is 0 Å². The van der Waals surface area contributed by atoms with E-state index in [1.54, 1.807) is 24.3 Å². The normalized spacial score (nSPS) is 12.2. The predicted molar refractivity (Wildman–Crippen MR) is 87.3 cm³/mol. The van der Waals surface area contributed by atoms with Crippen LogP contribution in [0.1, 0.15) is 15.9 Å². The number of hydrogen-bond donors (Lipinski definition) is 1. The van der Waals surface area contributed by atoms with Crippen molar-refractivity contribution in [1.82, 2.24) is 5.43 Å². The lowest BCUT2D eigenvalue weighted by atomic mass is 10.1. The maximum atomic E-state index is 12.1. The molecule has 0 atom stereocenters. The smallest absolute Gasteiger partial charge is 0.282 e. The second kappa shape index (κ2) is 6.87. The van der Waals surface area contributed by atoms with E-state index in [0.717, 1.165) is 0 Å². The second-order valence-electron chi connectivity index (χ2n) is 4.92. The van der Waals surface area contributed by atoms with Gasteiger partial charge in [-0.05, 0) is 18.2 Å². The number of hydrazone groups is 1. The Kier molecular flexibility index (Phi) is 4.46. The lowest BCUT2D eigenvalue weighted by Gasteiger charge is -2.06. The number of hydrogen-bond acceptors (Lipinski definition) is 7. The van der Waals surface area contributed by atoms with Crippen molar-refractivity contribution in [3.63, 3.8) is 0 Å². The van der Waals surface area contributed by atoms with Crippen LogP contribution < -0.4 is 19.6 Å². The van der Waals surface area contributed by atoms with Crippen LogP contribution in [0.4, 0.5) is 5.69 Å². The van der Waals surface area contributed by atoms with Crippen molar-refractivity contribution in [1.29, 1.82) is 0 Å². The number of nitro groups is 1. The number of amides is 1. The summed E-state index contributed by atoms with van der Waals surface area (Å²) in [5.41, 5.74) is 2.57. The van der Waals surface area contributed by atoms with Gasteiger partial charge in [0.25, 0.3) is 11.6 Å². The maximum Gasteiger partial charge on any atom is 0.282 e. The Morgan fingerprint density at radius 2 is 2.04 bits per heavy atom. The quantitative estimate of drug-likeness (QED) is 0.505. The minimum Gasteiger partial charge on any atom is -0.496 e. The van der Waals surface area contributed by atoms with Gasteiger partial charge in [0.2, 0.25) is 6.79 Å². The molecule has 9 heteroatoms. The van der Waals surface area contributed by atoms with Crippen LogP contribution in [-0.4, -0.2) is 30.9 Å². The minimum atomic E-state index is -0.564. The molecule has 1 N–H and O–H groups in total. The number of rotatable bonds is 5. The third-order valence-corrected chi connectivity index (χ3v) is 3.44. The van der Waals surface area contributed by atoms with Gasteiger partial charge < -0.3 is 14.2 Å². The Bertz CT molecular complexity index is 865. The highest BCUT2D eigenvalue weighted by Crippen LogP contribution is 2.37. The van der Waals surface area contributed by atoms with Gasteiger partial charge in [-0.3, -0.25) is 14.9 Å². The molecule has 1 amide bonds. The van der Waals surface area contributed by atoms with Crippen molar-refractivity contribution in [2.75, 3.05) is 13.9 Å². The molecule has 0 saturated heterocycles. The molecule has 0 bridgehead atoms. The topological polar surface area (TPSA) is 112 Å². The molecule has 128 valence electrons. The summed E-state index contributed by atoms with van der Waals surface area (Å²) in [6.07, 6.45) is 1.17. The summed E-state index contributed by atoms with van der Waals surface area (Å²) >= 11 is 0. The van der Waals surface area contributed by atoms with E-state index in [0.29, 0.717) is 22.8 Å². The summed E-state index contributed by atoms with van der Waals surface area (Å²) in [6, 6.07) is 9.32. The van der Waals surface area contributed by atoms with Crippen LogP contribution in [0.2, 0.25) is 0 Å². The highest BCUT2D eigenvalue weighted by molar-refractivity contribution is 5.97. The number of para-hydroxylation sites is 1. The van der Waals surface area contributed by atoms with E-state index in [1.807, 2.05) is 0 Å². The third-order valence-electron chi connectivity index (χ3n) is 3.44. The number of carbonyl (C=O) groups is 1. The van der Waals surface area contributed by atoms with Crippen molar-refractivity contribution >= 4 is 17.8 Å². The fourth-order valence-corrected chi connectivity index (χ4v) is 2.26. The molecule has 2 aromatic carbocycles. The number of methoxy groups -OCH3 is 1. The number of benzene rings is 2. The Morgan fingerprint density at radius 1 is 1.32 bits per heavy atom. The molecule has 9 nitrogen and oxygen atoms in total. The molecule has 1 heterocycles. The van der Waals surface area contributed by atoms with E-state index in [-0.39, 0.29) is 18.0 Å². The Morgan fingerprint density at radius 3 is 2.76 bits per heavy atom. The zero-order valence-electron chi connectivity index (χ0n) is 13.1. The summed E-state index contributed by atoms with van der Waals surface area (Å²) in [5.74, 6) is 0.561. The molecule has 0 unspecified atom stereocenters. The van der Waals surface area contributed by atoms with Crippen molar-refractivity contribution in [3.8, 4) is 17.2 Å². The molecule has 0 aliphatic carbocycles. The standard InChI is InChI=1S/C16H13N3O6/c1-23-13-5-3-2-4-11(13)16(20)18-17-8-10-6-14-15(25-9-24-14)7-12(10)19(21)22/h2-8H,9H2,1H3,(H,18,20)/b17-8+. The Balaban J connectivity index is 1.80. The fourth-order valence-electron chi connectivity index (χ4n) is 2.26. The van der Waals surface area contributed by atoms with Crippen molar-refractivity contribution in [2.24, 2.45) is 5.10 Å². The van der Waals surface area contributed by atoms with E-state index >= 15 is 0 Å². The highest BCUT2D eigenvalue weighted by Gasteiger charge is 2.22. The van der Waals surface area contributed by atoms with Gasteiger partial charge in [0.15, 0.2) is 11.5 Å². The number of nitrogens with one attached hydrogen (secondary N) is 1. The molecule has 0 aromatic heterocycles. The summed E-state index contributed by atoms with van der Waals surface area (Å²) in [4.78, 5) is 22.7. The molecule has 0 saturated carbocycles. The Hall–Kier alpha value is -3.62. The molecule has 0 fully saturated rings. The summed E-state index contributed by atoms with van der Waals surface area (Å²) < 4.78 is 15.4. The zero-order valence-corrected chi connectivity index (χ0v) is 13.1. The molecule has 1 aliphatic heterocycles. The molecule has 25 heavy (non-hydrogen) atoms. The first kappa shape index (κ1) is 16.2. The van der Waals surface area contributed by atoms with Crippen LogP contribution in [-0.2, 0) is 0 Å². The van der Waals surface area contributed by atoms with E-state index in [9.17, 15) is 14.9 Å². The molecule has 0 radical (unpaired) electrons. The largest absolute Gasteiger partial charge is 0.496 e. The summed E-state index contributed by atoms with van der Waals surface area (Å²) in [7, 11) is 1.45. The van der Waals surface area contributed by atoms with Gasteiger partial charge in [0.05, 0.1) is 35.4 Å². The lowest BCUT2D eigenvalue weighted by molar-refractivity contribution is -0.385. The second-order valence-corrected chi connectivity index (χ2v) is 4.92. The van der Waals surface area contributed by atoms with Gasteiger partial charge in [-0.25, -0.2) is 5.43 Å². The van der Waals surface area contributed by atoms with Crippen LogP contribution in [0.15, 0.2) is 41.5 Å². The number of ether oxygens (including phenoxy) is 3. The maximum absolute atomic E-state index is 12.1. The number of carbonyl (C=O) groups excluding carboxylic acids is 1. The van der Waals surface area contributed by atoms with Crippen LogP contribution in [0.5, 0.6) is 17.2 Å². The molecule has 0 spiro atoms. The summed E-state index contributed by atoms with van der Waals surface area (Å²) in [5, 5.41) is 14.9. The third kappa shape index (κ3) is 3.34. The predicted octanol–water partition coefficient (Wildman–Crippen LogP) is 2.10. The van der Waals surface area contributed by atoms with Gasteiger partial charge in [0.1, 0.15) is 5.75 Å². The minimum absolute atomic E-state index is 0.00236. The Labute approximate surface area is 142 Å². The average molecular weight is 343 g/mol. The van der Waals surface area contributed by atoms with Crippen molar-refractivity contribution in [2.45, 2.75) is 0 Å². The number of nitro benzene ring substituents is 1. The average Bonchev–Trinajstić information content (AvgIpc) is 3.08. The van der Waals surface area contributed by atoms with Crippen molar-refractivity contribution in [3.05, 3.63) is 57.6 Å². The molecular weight excluding hydrogens is 330 g/mol. The van der Waals surface area contributed by atoms with E-state index < -0.39 is 10.8 Å². The first-order valence-electron chi connectivity index (χ1n) is 7.14. The monoisotopic (exact) mass is 343 g/mol. The number of fused-ring (bicyclic) bond motifs is 1. The molecule has 2 aromatic rings. The van der Waals surface area contributed by atoms with E-state index in [4.69, 9.17) is 14.2 Å². The van der Waals surface area contributed by atoms with Crippen LogP contribution in [0, 0.1) is 10.1 Å². The van der Waals surface area contributed by atoms with E-state index in [1.165, 1.54) is 25.5 Å². The van der Waals surface area contributed by atoms with Crippen LogP contribution >= 0.6 is 0 Å². The van der Waals surface area contributed by atoms with Gasteiger partial charge >= 0.3 is 0 Å². The molecule has 1 aliphatic rings.